The Morgan fingerprint density at radius 3 is 2.68 bits per heavy atom. The monoisotopic (exact) mass is 364 g/mol. The highest BCUT2D eigenvalue weighted by Crippen LogP contribution is 2.39. The Morgan fingerprint density at radius 2 is 1.68 bits per heavy atom. The van der Waals surface area contributed by atoms with Gasteiger partial charge < -0.3 is 9.05 Å². The van der Waals surface area contributed by atoms with E-state index in [1.807, 2.05) is 54.6 Å². The second-order valence-electron chi connectivity index (χ2n) is 6.54. The molecule has 0 N–H and O–H groups in total. The molecule has 6 nitrogen and oxygen atoms in total. The van der Waals surface area contributed by atoms with E-state index >= 15 is 0 Å². The van der Waals surface area contributed by atoms with E-state index in [-0.39, 0.29) is 0 Å². The van der Waals surface area contributed by atoms with E-state index in [1.54, 1.807) is 6.20 Å². The van der Waals surface area contributed by atoms with Gasteiger partial charge >= 0.3 is 0 Å². The lowest BCUT2D eigenvalue weighted by Crippen LogP contribution is -1.91. The number of hydrogen-bond donors (Lipinski definition) is 0. The minimum Gasteiger partial charge on any atom is -0.356 e. The summed E-state index contributed by atoms with van der Waals surface area (Å²) in [5.41, 5.74) is 6.67. The minimum absolute atomic E-state index is 0.639. The van der Waals surface area contributed by atoms with Crippen LogP contribution in [0.15, 0.2) is 82.0 Å². The first kappa shape index (κ1) is 15.0. The van der Waals surface area contributed by atoms with E-state index < -0.39 is 0 Å². The summed E-state index contributed by atoms with van der Waals surface area (Å²) in [6.45, 7) is 0. The van der Waals surface area contributed by atoms with Crippen LogP contribution in [0.5, 0.6) is 0 Å². The zero-order valence-corrected chi connectivity index (χ0v) is 14.5. The van der Waals surface area contributed by atoms with Gasteiger partial charge in [0.2, 0.25) is 0 Å². The fourth-order valence-electron chi connectivity index (χ4n) is 3.67. The predicted octanol–water partition coefficient (Wildman–Crippen LogP) is 5.25. The SMILES string of the molecule is c1ccc2nc(-c3c(-c4cccc5onnc45)ccc4oncc34)ccc2c1. The summed E-state index contributed by atoms with van der Waals surface area (Å²) >= 11 is 0. The van der Waals surface area contributed by atoms with E-state index in [9.17, 15) is 0 Å². The summed E-state index contributed by atoms with van der Waals surface area (Å²) in [5.74, 6) is 0. The molecule has 0 unspecified atom stereocenters. The molecule has 6 heteroatoms. The Balaban J connectivity index is 1.72. The average molecular weight is 364 g/mol. The molecule has 0 spiro atoms. The maximum absolute atomic E-state index is 5.41. The Morgan fingerprint density at radius 1 is 0.714 bits per heavy atom. The van der Waals surface area contributed by atoms with Gasteiger partial charge in [0, 0.05) is 21.8 Å². The lowest BCUT2D eigenvalue weighted by atomic mass is 9.93. The Bertz CT molecular complexity index is 1480. The molecule has 6 rings (SSSR count). The van der Waals surface area contributed by atoms with E-state index in [4.69, 9.17) is 14.0 Å². The third kappa shape index (κ3) is 2.15. The molecule has 0 radical (unpaired) electrons. The maximum Gasteiger partial charge on any atom is 0.188 e. The van der Waals surface area contributed by atoms with Crippen LogP contribution in [0.25, 0.3) is 55.4 Å². The van der Waals surface area contributed by atoms with Crippen molar-refractivity contribution in [3.8, 4) is 22.4 Å². The van der Waals surface area contributed by atoms with Crippen molar-refractivity contribution in [1.29, 1.82) is 0 Å². The maximum atomic E-state index is 5.41. The summed E-state index contributed by atoms with van der Waals surface area (Å²) < 4.78 is 10.7. The largest absolute Gasteiger partial charge is 0.356 e. The number of fused-ring (bicyclic) bond motifs is 3. The highest BCUT2D eigenvalue weighted by Gasteiger charge is 2.18. The molecule has 0 aliphatic carbocycles. The number of nitrogens with zero attached hydrogens (tertiary/aromatic N) is 4. The molecular formula is C22H12N4O2. The summed E-state index contributed by atoms with van der Waals surface area (Å²) in [6, 6.07) is 21.9. The second-order valence-corrected chi connectivity index (χ2v) is 6.54. The summed E-state index contributed by atoms with van der Waals surface area (Å²) in [5, 5.41) is 13.9. The van der Waals surface area contributed by atoms with E-state index in [1.165, 1.54) is 0 Å². The van der Waals surface area contributed by atoms with Gasteiger partial charge in [-0.05, 0) is 35.9 Å². The normalized spacial score (nSPS) is 11.6. The zero-order valence-electron chi connectivity index (χ0n) is 14.5. The molecule has 0 saturated carbocycles. The molecule has 0 bridgehead atoms. The molecule has 0 atom stereocenters. The second kappa shape index (κ2) is 5.72. The first-order valence-electron chi connectivity index (χ1n) is 8.83. The molecule has 0 fully saturated rings. The Labute approximate surface area is 158 Å². The van der Waals surface area contributed by atoms with Gasteiger partial charge in [0.05, 0.1) is 22.8 Å². The summed E-state index contributed by atoms with van der Waals surface area (Å²) in [6.07, 6.45) is 1.73. The number of rotatable bonds is 2. The molecule has 132 valence electrons. The van der Waals surface area contributed by atoms with Crippen LogP contribution < -0.4 is 0 Å². The summed E-state index contributed by atoms with van der Waals surface area (Å²) in [7, 11) is 0. The molecule has 0 aliphatic heterocycles. The van der Waals surface area contributed by atoms with Crippen molar-refractivity contribution in [2.45, 2.75) is 0 Å². The third-order valence-electron chi connectivity index (χ3n) is 4.96. The van der Waals surface area contributed by atoms with E-state index in [2.05, 4.69) is 27.7 Å². The van der Waals surface area contributed by atoms with Crippen molar-refractivity contribution in [3.63, 3.8) is 0 Å². The van der Waals surface area contributed by atoms with Gasteiger partial charge in [0.15, 0.2) is 11.2 Å². The van der Waals surface area contributed by atoms with E-state index in [0.29, 0.717) is 16.7 Å². The molecule has 3 heterocycles. The fourth-order valence-corrected chi connectivity index (χ4v) is 3.67. The zero-order chi connectivity index (χ0) is 18.5. The first-order valence-corrected chi connectivity index (χ1v) is 8.83. The first-order chi connectivity index (χ1) is 13.9. The molecular weight excluding hydrogens is 352 g/mol. The molecule has 0 amide bonds. The van der Waals surface area contributed by atoms with Gasteiger partial charge in [-0.3, -0.25) is 0 Å². The van der Waals surface area contributed by atoms with Crippen LogP contribution in [0.4, 0.5) is 0 Å². The van der Waals surface area contributed by atoms with Crippen LogP contribution in [0.3, 0.4) is 0 Å². The van der Waals surface area contributed by atoms with Gasteiger partial charge in [-0.1, -0.05) is 41.6 Å². The van der Waals surface area contributed by atoms with Gasteiger partial charge in [-0.25, -0.2) is 4.98 Å². The summed E-state index contributed by atoms with van der Waals surface area (Å²) in [4.78, 5) is 4.90. The highest BCUT2D eigenvalue weighted by atomic mass is 16.5. The van der Waals surface area contributed by atoms with Crippen LogP contribution in [-0.2, 0) is 0 Å². The molecule has 0 aliphatic rings. The smallest absolute Gasteiger partial charge is 0.188 e. The Kier molecular flexibility index (Phi) is 3.07. The van der Waals surface area contributed by atoms with Gasteiger partial charge in [0.25, 0.3) is 0 Å². The predicted molar refractivity (Wildman–Crippen MR) is 106 cm³/mol. The van der Waals surface area contributed by atoms with Crippen molar-refractivity contribution < 1.29 is 9.05 Å². The number of benzene rings is 3. The van der Waals surface area contributed by atoms with Crippen molar-refractivity contribution in [2.75, 3.05) is 0 Å². The average Bonchev–Trinajstić information content (AvgIpc) is 3.41. The Hall–Kier alpha value is -4.06. The van der Waals surface area contributed by atoms with Gasteiger partial charge in [0.1, 0.15) is 5.52 Å². The molecule has 3 aromatic heterocycles. The lowest BCUT2D eigenvalue weighted by molar-refractivity contribution is 0.424. The topological polar surface area (TPSA) is 77.8 Å². The quantitative estimate of drug-likeness (QED) is 0.418. The standard InChI is InChI=1S/C22H12N4O2/c1-2-6-17-13(4-1)8-10-18(24-17)21-14(9-11-19-16(21)12-23-27-19)15-5-3-7-20-22(15)25-26-28-20/h1-12H. The van der Waals surface area contributed by atoms with Crippen LogP contribution in [-0.4, -0.2) is 20.5 Å². The number of para-hydroxylation sites is 1. The third-order valence-corrected chi connectivity index (χ3v) is 4.96. The van der Waals surface area contributed by atoms with Crippen molar-refractivity contribution >= 4 is 33.0 Å². The van der Waals surface area contributed by atoms with Crippen LogP contribution in [0.2, 0.25) is 0 Å². The lowest BCUT2D eigenvalue weighted by Gasteiger charge is -2.11. The number of pyridine rings is 1. The van der Waals surface area contributed by atoms with Crippen LogP contribution in [0.1, 0.15) is 0 Å². The van der Waals surface area contributed by atoms with Gasteiger partial charge in [-0.2, -0.15) is 0 Å². The highest BCUT2D eigenvalue weighted by molar-refractivity contribution is 6.05. The van der Waals surface area contributed by atoms with Crippen LogP contribution >= 0.6 is 0 Å². The molecule has 3 aromatic carbocycles. The number of hydrogen-bond acceptors (Lipinski definition) is 6. The van der Waals surface area contributed by atoms with Crippen molar-refractivity contribution in [1.82, 2.24) is 20.5 Å². The molecule has 0 saturated heterocycles. The van der Waals surface area contributed by atoms with E-state index in [0.717, 1.165) is 38.7 Å². The van der Waals surface area contributed by atoms with Crippen molar-refractivity contribution in [2.24, 2.45) is 0 Å². The fraction of sp³-hybridized carbons (Fsp3) is 0. The number of aromatic nitrogens is 4. The minimum atomic E-state index is 0.639. The van der Waals surface area contributed by atoms with Crippen molar-refractivity contribution in [3.05, 3.63) is 72.9 Å². The molecule has 6 aromatic rings. The molecule has 28 heavy (non-hydrogen) atoms. The van der Waals surface area contributed by atoms with Crippen LogP contribution in [0, 0.1) is 0 Å². The van der Waals surface area contributed by atoms with Gasteiger partial charge in [-0.15, -0.1) is 5.10 Å².